The fraction of sp³-hybridized carbons (Fsp3) is 0.444. The van der Waals surface area contributed by atoms with Gasteiger partial charge in [0.1, 0.15) is 0 Å². The van der Waals surface area contributed by atoms with E-state index in [9.17, 15) is 0 Å². The summed E-state index contributed by atoms with van der Waals surface area (Å²) in [6.45, 7) is 0. The molecule has 0 aliphatic heterocycles. The molecule has 0 saturated heterocycles. The molecule has 2 rings (SSSR count). The van der Waals surface area contributed by atoms with Gasteiger partial charge in [-0.1, -0.05) is 37.8 Å². The molecule has 0 saturated carbocycles. The van der Waals surface area contributed by atoms with Gasteiger partial charge in [0.15, 0.2) is 0 Å². The Labute approximate surface area is 122 Å². The van der Waals surface area contributed by atoms with Crippen LogP contribution < -0.4 is 0 Å². The second kappa shape index (κ2) is 9.24. The van der Waals surface area contributed by atoms with Crippen molar-refractivity contribution in [3.8, 4) is 0 Å². The van der Waals surface area contributed by atoms with Gasteiger partial charge in [-0.2, -0.15) is 0 Å². The lowest BCUT2D eigenvalue weighted by atomic mass is 10.0. The van der Waals surface area contributed by atoms with Crippen LogP contribution in [0.4, 0.5) is 0 Å². The fourth-order valence-corrected chi connectivity index (χ4v) is 2.46. The molecule has 0 amide bonds. The van der Waals surface area contributed by atoms with Gasteiger partial charge in [-0.15, -0.1) is 0 Å². The minimum Gasteiger partial charge on any atom is -0.264 e. The largest absolute Gasteiger partial charge is 0.264 e. The Morgan fingerprint density at radius 2 is 1.05 bits per heavy atom. The average molecular weight is 268 g/mol. The first-order valence-corrected chi connectivity index (χ1v) is 7.73. The predicted octanol–water partition coefficient (Wildman–Crippen LogP) is 4.60. The lowest BCUT2D eigenvalue weighted by Gasteiger charge is -2.03. The van der Waals surface area contributed by atoms with Crippen molar-refractivity contribution in [1.82, 2.24) is 9.97 Å². The van der Waals surface area contributed by atoms with E-state index in [1.54, 1.807) is 0 Å². The Hall–Kier alpha value is -1.70. The number of hydrogen-bond acceptors (Lipinski definition) is 2. The first kappa shape index (κ1) is 14.7. The maximum Gasteiger partial charge on any atom is 0.0299 e. The molecule has 0 atom stereocenters. The van der Waals surface area contributed by atoms with Crippen molar-refractivity contribution in [2.45, 2.75) is 51.4 Å². The highest BCUT2D eigenvalue weighted by atomic mass is 14.6. The highest BCUT2D eigenvalue weighted by molar-refractivity contribution is 5.08. The summed E-state index contributed by atoms with van der Waals surface area (Å²) in [4.78, 5) is 8.30. The number of unbranched alkanes of at least 4 members (excludes halogenated alkanes) is 5. The molecule has 2 heterocycles. The SMILES string of the molecule is c1cncc(CCCCCCCCc2cccnc2)c1. The number of aromatic nitrogens is 2. The molecule has 106 valence electrons. The van der Waals surface area contributed by atoms with Gasteiger partial charge in [0.25, 0.3) is 0 Å². The number of rotatable bonds is 9. The molecule has 0 unspecified atom stereocenters. The van der Waals surface area contributed by atoms with Crippen molar-refractivity contribution in [2.75, 3.05) is 0 Å². The minimum atomic E-state index is 1.17. The third-order valence-electron chi connectivity index (χ3n) is 3.63. The van der Waals surface area contributed by atoms with E-state index in [2.05, 4.69) is 22.1 Å². The Morgan fingerprint density at radius 3 is 1.45 bits per heavy atom. The molecule has 0 aliphatic carbocycles. The van der Waals surface area contributed by atoms with E-state index >= 15 is 0 Å². The van der Waals surface area contributed by atoms with Crippen molar-refractivity contribution in [3.63, 3.8) is 0 Å². The Bertz CT molecular complexity index is 408. The summed E-state index contributed by atoms with van der Waals surface area (Å²) >= 11 is 0. The second-order valence-corrected chi connectivity index (χ2v) is 5.34. The van der Waals surface area contributed by atoms with Crippen LogP contribution in [-0.2, 0) is 12.8 Å². The van der Waals surface area contributed by atoms with Crippen molar-refractivity contribution >= 4 is 0 Å². The molecule has 2 heteroatoms. The summed E-state index contributed by atoms with van der Waals surface area (Å²) < 4.78 is 0. The summed E-state index contributed by atoms with van der Waals surface area (Å²) in [6.07, 6.45) is 17.9. The number of aryl methyl sites for hydroxylation is 2. The lowest BCUT2D eigenvalue weighted by molar-refractivity contribution is 0.593. The van der Waals surface area contributed by atoms with Crippen LogP contribution in [0.1, 0.15) is 49.7 Å². The van der Waals surface area contributed by atoms with E-state index in [4.69, 9.17) is 0 Å². The molecule has 0 radical (unpaired) electrons. The molecule has 0 spiro atoms. The average Bonchev–Trinajstić information content (AvgIpc) is 2.52. The van der Waals surface area contributed by atoms with Crippen molar-refractivity contribution in [1.29, 1.82) is 0 Å². The number of nitrogens with zero attached hydrogens (tertiary/aromatic N) is 2. The van der Waals surface area contributed by atoms with Gasteiger partial charge in [-0.25, -0.2) is 0 Å². The predicted molar refractivity (Wildman–Crippen MR) is 83.6 cm³/mol. The summed E-state index contributed by atoms with van der Waals surface area (Å²) in [7, 11) is 0. The smallest absolute Gasteiger partial charge is 0.0299 e. The van der Waals surface area contributed by atoms with E-state index in [-0.39, 0.29) is 0 Å². The first-order chi connectivity index (χ1) is 9.95. The van der Waals surface area contributed by atoms with Crippen LogP contribution in [-0.4, -0.2) is 9.97 Å². The molecule has 0 aliphatic rings. The van der Waals surface area contributed by atoms with Crippen LogP contribution in [0.25, 0.3) is 0 Å². The molecule has 20 heavy (non-hydrogen) atoms. The standard InChI is InChI=1S/C18H24N2/c1(3-5-9-17-11-7-13-19-15-17)2-4-6-10-18-12-8-14-20-16-18/h7-8,11-16H,1-6,9-10H2. The van der Waals surface area contributed by atoms with E-state index in [1.807, 2.05) is 36.9 Å². The molecular weight excluding hydrogens is 244 g/mol. The third kappa shape index (κ3) is 5.96. The van der Waals surface area contributed by atoms with Crippen LogP contribution >= 0.6 is 0 Å². The van der Waals surface area contributed by atoms with Crippen LogP contribution in [0, 0.1) is 0 Å². The fourth-order valence-electron chi connectivity index (χ4n) is 2.46. The van der Waals surface area contributed by atoms with Gasteiger partial charge in [-0.05, 0) is 48.9 Å². The zero-order valence-electron chi connectivity index (χ0n) is 12.2. The lowest BCUT2D eigenvalue weighted by Crippen LogP contribution is -1.88. The second-order valence-electron chi connectivity index (χ2n) is 5.34. The molecule has 0 N–H and O–H groups in total. The van der Waals surface area contributed by atoms with Gasteiger partial charge < -0.3 is 0 Å². The van der Waals surface area contributed by atoms with Crippen molar-refractivity contribution in [2.24, 2.45) is 0 Å². The zero-order chi connectivity index (χ0) is 13.9. The third-order valence-corrected chi connectivity index (χ3v) is 3.63. The molecule has 2 aromatic heterocycles. The van der Waals surface area contributed by atoms with E-state index < -0.39 is 0 Å². The summed E-state index contributed by atoms with van der Waals surface area (Å²) in [5, 5.41) is 0. The molecule has 0 fully saturated rings. The highest BCUT2D eigenvalue weighted by Gasteiger charge is 1.95. The van der Waals surface area contributed by atoms with Gasteiger partial charge in [-0.3, -0.25) is 9.97 Å². The van der Waals surface area contributed by atoms with Gasteiger partial charge in [0, 0.05) is 24.8 Å². The Morgan fingerprint density at radius 1 is 0.600 bits per heavy atom. The number of pyridine rings is 2. The monoisotopic (exact) mass is 268 g/mol. The van der Waals surface area contributed by atoms with Crippen LogP contribution in [0.5, 0.6) is 0 Å². The molecule has 2 aromatic rings. The summed E-state index contributed by atoms with van der Waals surface area (Å²) in [5.41, 5.74) is 2.73. The zero-order valence-corrected chi connectivity index (χ0v) is 12.2. The van der Waals surface area contributed by atoms with Gasteiger partial charge >= 0.3 is 0 Å². The van der Waals surface area contributed by atoms with Crippen molar-refractivity contribution in [3.05, 3.63) is 60.2 Å². The van der Waals surface area contributed by atoms with E-state index in [0.29, 0.717) is 0 Å². The van der Waals surface area contributed by atoms with E-state index in [0.717, 1.165) is 0 Å². The van der Waals surface area contributed by atoms with Gasteiger partial charge in [0.05, 0.1) is 0 Å². The first-order valence-electron chi connectivity index (χ1n) is 7.73. The van der Waals surface area contributed by atoms with Crippen LogP contribution in [0.2, 0.25) is 0 Å². The normalized spacial score (nSPS) is 10.6. The Balaban J connectivity index is 1.44. The number of hydrogen-bond donors (Lipinski definition) is 0. The minimum absolute atomic E-state index is 1.17. The maximum absolute atomic E-state index is 4.15. The quantitative estimate of drug-likeness (QED) is 0.621. The van der Waals surface area contributed by atoms with Gasteiger partial charge in [0.2, 0.25) is 0 Å². The van der Waals surface area contributed by atoms with Crippen LogP contribution in [0.3, 0.4) is 0 Å². The molecular formula is C18H24N2. The molecule has 2 nitrogen and oxygen atoms in total. The van der Waals surface area contributed by atoms with Crippen LogP contribution in [0.15, 0.2) is 49.1 Å². The summed E-state index contributed by atoms with van der Waals surface area (Å²) in [5.74, 6) is 0. The topological polar surface area (TPSA) is 25.8 Å². The summed E-state index contributed by atoms with van der Waals surface area (Å²) in [6, 6.07) is 8.38. The molecule has 0 aromatic carbocycles. The maximum atomic E-state index is 4.15. The highest BCUT2D eigenvalue weighted by Crippen LogP contribution is 2.11. The van der Waals surface area contributed by atoms with E-state index in [1.165, 1.54) is 62.5 Å². The Kier molecular flexibility index (Phi) is 6.80. The van der Waals surface area contributed by atoms with Crippen molar-refractivity contribution < 1.29 is 0 Å². The molecule has 0 bridgehead atoms.